The van der Waals surface area contributed by atoms with E-state index in [1.165, 1.54) is 24.0 Å². The highest BCUT2D eigenvalue weighted by Gasteiger charge is 2.15. The quantitative estimate of drug-likeness (QED) is 0.513. The highest BCUT2D eigenvalue weighted by Crippen LogP contribution is 2.26. The zero-order valence-corrected chi connectivity index (χ0v) is 16.3. The number of hydrogen-bond donors (Lipinski definition) is 0. The van der Waals surface area contributed by atoms with Crippen molar-refractivity contribution in [1.29, 1.82) is 0 Å². The smallest absolute Gasteiger partial charge is 0.232 e. The topological polar surface area (TPSA) is 46.6 Å². The molecule has 0 aromatic heterocycles. The largest absolute Gasteiger partial charge is 0.496 e. The van der Waals surface area contributed by atoms with Crippen molar-refractivity contribution in [3.05, 3.63) is 58.4 Å². The molecule has 2 aromatic rings. The maximum Gasteiger partial charge on any atom is 0.232 e. The fourth-order valence-corrected chi connectivity index (χ4v) is 3.36. The van der Waals surface area contributed by atoms with Gasteiger partial charge in [-0.3, -0.25) is 9.59 Å². The van der Waals surface area contributed by atoms with Gasteiger partial charge in [-0.1, -0.05) is 17.7 Å². The van der Waals surface area contributed by atoms with Crippen LogP contribution < -0.4 is 4.74 Å². The lowest BCUT2D eigenvalue weighted by molar-refractivity contribution is -0.127. The van der Waals surface area contributed by atoms with Crippen molar-refractivity contribution in [2.45, 2.75) is 18.4 Å². The monoisotopic (exact) mass is 395 g/mol. The molecule has 0 bridgehead atoms. The van der Waals surface area contributed by atoms with Gasteiger partial charge in [-0.25, -0.2) is 4.39 Å². The number of carbonyl (C=O) groups is 2. The first-order valence-corrected chi connectivity index (χ1v) is 9.18. The summed E-state index contributed by atoms with van der Waals surface area (Å²) in [5.41, 5.74) is 1.10. The minimum absolute atomic E-state index is 0.0791. The molecule has 0 spiro atoms. The molecular weight excluding hydrogens is 377 g/mol. The first kappa shape index (κ1) is 20.3. The average Bonchev–Trinajstić information content (AvgIpc) is 2.60. The van der Waals surface area contributed by atoms with Crippen LogP contribution in [0.1, 0.15) is 22.8 Å². The second-order valence-electron chi connectivity index (χ2n) is 5.70. The van der Waals surface area contributed by atoms with E-state index in [4.69, 9.17) is 16.3 Å². The van der Waals surface area contributed by atoms with Gasteiger partial charge in [0.05, 0.1) is 12.9 Å². The molecule has 0 heterocycles. The Bertz CT molecular complexity index is 828. The van der Waals surface area contributed by atoms with E-state index in [1.807, 2.05) is 0 Å². The molecule has 2 rings (SSSR count). The van der Waals surface area contributed by atoms with Gasteiger partial charge in [-0.05, 0) is 37.3 Å². The van der Waals surface area contributed by atoms with Gasteiger partial charge in [0.2, 0.25) is 5.91 Å². The number of carbonyl (C=O) groups excluding carboxylic acids is 2. The Balaban J connectivity index is 2.00. The number of hydrogen-bond acceptors (Lipinski definition) is 4. The molecule has 0 aliphatic rings. The number of ether oxygens (including phenoxy) is 1. The summed E-state index contributed by atoms with van der Waals surface area (Å²) >= 11 is 7.09. The summed E-state index contributed by atoms with van der Waals surface area (Å²) in [4.78, 5) is 25.5. The molecule has 2 aromatic carbocycles. The van der Waals surface area contributed by atoms with E-state index in [2.05, 4.69) is 0 Å². The van der Waals surface area contributed by atoms with Crippen LogP contribution in [0.3, 0.4) is 0 Å². The van der Waals surface area contributed by atoms with Crippen LogP contribution in [0, 0.1) is 5.82 Å². The van der Waals surface area contributed by atoms with E-state index in [0.717, 1.165) is 17.3 Å². The number of ketones is 1. The molecule has 0 aliphatic carbocycles. The van der Waals surface area contributed by atoms with Gasteiger partial charge in [0.25, 0.3) is 0 Å². The van der Waals surface area contributed by atoms with Crippen molar-refractivity contribution in [3.8, 4) is 5.75 Å². The van der Waals surface area contributed by atoms with E-state index < -0.39 is 5.82 Å². The number of rotatable bonds is 7. The molecule has 0 unspecified atom stereocenters. The van der Waals surface area contributed by atoms with Crippen LogP contribution in [0.25, 0.3) is 0 Å². The Morgan fingerprint density at radius 1 is 1.23 bits per heavy atom. The normalized spacial score (nSPS) is 10.5. The maximum atomic E-state index is 14.0. The first-order valence-electron chi connectivity index (χ1n) is 7.81. The Morgan fingerprint density at radius 3 is 2.58 bits per heavy atom. The van der Waals surface area contributed by atoms with Crippen molar-refractivity contribution in [2.75, 3.05) is 19.9 Å². The van der Waals surface area contributed by atoms with Gasteiger partial charge in [0.15, 0.2) is 5.78 Å². The lowest BCUT2D eigenvalue weighted by Gasteiger charge is -2.19. The number of halogens is 2. The van der Waals surface area contributed by atoms with Crippen LogP contribution in [0.4, 0.5) is 4.39 Å². The van der Waals surface area contributed by atoms with Crippen LogP contribution in [0.5, 0.6) is 5.75 Å². The molecule has 0 saturated heterocycles. The zero-order valence-electron chi connectivity index (χ0n) is 14.7. The molecule has 26 heavy (non-hydrogen) atoms. The molecule has 0 N–H and O–H groups in total. The summed E-state index contributed by atoms with van der Waals surface area (Å²) < 4.78 is 19.3. The predicted octanol–water partition coefficient (Wildman–Crippen LogP) is 4.44. The number of methoxy groups -OCH3 is 1. The molecule has 0 saturated carbocycles. The summed E-state index contributed by atoms with van der Waals surface area (Å²) in [7, 11) is 3.22. The van der Waals surface area contributed by atoms with Gasteiger partial charge in [-0.15, -0.1) is 11.8 Å². The summed E-state index contributed by atoms with van der Waals surface area (Å²) in [6, 6.07) is 9.47. The molecular formula is C19H19ClFNO3S. The van der Waals surface area contributed by atoms with Crippen molar-refractivity contribution in [1.82, 2.24) is 4.90 Å². The van der Waals surface area contributed by atoms with Crippen LogP contribution in [0.2, 0.25) is 5.02 Å². The second-order valence-corrected chi connectivity index (χ2v) is 7.15. The van der Waals surface area contributed by atoms with Crippen LogP contribution >= 0.6 is 23.4 Å². The third kappa shape index (κ3) is 5.22. The van der Waals surface area contributed by atoms with Crippen LogP contribution in [0.15, 0.2) is 41.3 Å². The van der Waals surface area contributed by atoms with Crippen molar-refractivity contribution < 1.29 is 18.7 Å². The Labute approximate surface area is 161 Å². The standard InChI is InChI=1S/C19H19ClFNO3S/c1-12(23)13-4-7-18(16(21)9-13)26-11-19(24)22(2)10-14-8-15(20)5-6-17(14)25-3/h4-9H,10-11H2,1-3H3. The minimum Gasteiger partial charge on any atom is -0.496 e. The molecule has 7 heteroatoms. The lowest BCUT2D eigenvalue weighted by Crippen LogP contribution is -2.28. The molecule has 138 valence electrons. The minimum atomic E-state index is -0.505. The number of nitrogens with zero attached hydrogens (tertiary/aromatic N) is 1. The number of thioether (sulfide) groups is 1. The Hall–Kier alpha value is -2.05. The van der Waals surface area contributed by atoms with Gasteiger partial charge in [-0.2, -0.15) is 0 Å². The summed E-state index contributed by atoms with van der Waals surface area (Å²) in [6.07, 6.45) is 0. The first-order chi connectivity index (χ1) is 12.3. The van der Waals surface area contributed by atoms with E-state index in [9.17, 15) is 14.0 Å². The summed E-state index contributed by atoms with van der Waals surface area (Å²) in [6.45, 7) is 1.71. The van der Waals surface area contributed by atoms with Gasteiger partial charge in [0.1, 0.15) is 11.6 Å². The fourth-order valence-electron chi connectivity index (χ4n) is 2.30. The fraction of sp³-hybridized carbons (Fsp3) is 0.263. The lowest BCUT2D eigenvalue weighted by atomic mass is 10.1. The number of benzene rings is 2. The van der Waals surface area contributed by atoms with Crippen molar-refractivity contribution in [3.63, 3.8) is 0 Å². The SMILES string of the molecule is COc1ccc(Cl)cc1CN(C)C(=O)CSc1ccc(C(C)=O)cc1F. The van der Waals surface area contributed by atoms with Crippen LogP contribution in [-0.2, 0) is 11.3 Å². The van der Waals surface area contributed by atoms with E-state index >= 15 is 0 Å². The van der Waals surface area contributed by atoms with Crippen molar-refractivity contribution in [2.24, 2.45) is 0 Å². The summed E-state index contributed by atoms with van der Waals surface area (Å²) in [5.74, 6) is -0.142. The van der Waals surface area contributed by atoms with Crippen LogP contribution in [-0.4, -0.2) is 36.5 Å². The Morgan fingerprint density at radius 2 is 1.96 bits per heavy atom. The second kappa shape index (κ2) is 9.05. The average molecular weight is 396 g/mol. The van der Waals surface area contributed by atoms with Gasteiger partial charge >= 0.3 is 0 Å². The molecule has 4 nitrogen and oxygen atoms in total. The molecule has 0 aliphatic heterocycles. The van der Waals surface area contributed by atoms with E-state index in [0.29, 0.717) is 27.8 Å². The van der Waals surface area contributed by atoms with E-state index in [-0.39, 0.29) is 17.4 Å². The zero-order chi connectivity index (χ0) is 19.3. The molecule has 0 atom stereocenters. The van der Waals surface area contributed by atoms with Gasteiger partial charge < -0.3 is 9.64 Å². The number of Topliss-reactive ketones (excluding diaryl/α,β-unsaturated/α-hetero) is 1. The highest BCUT2D eigenvalue weighted by atomic mass is 35.5. The summed E-state index contributed by atoms with van der Waals surface area (Å²) in [5, 5.41) is 0.559. The van der Waals surface area contributed by atoms with Gasteiger partial charge in [0, 0.05) is 34.6 Å². The predicted molar refractivity (Wildman–Crippen MR) is 102 cm³/mol. The number of amides is 1. The third-order valence-electron chi connectivity index (χ3n) is 3.77. The third-order valence-corrected chi connectivity index (χ3v) is 5.03. The molecule has 0 fully saturated rings. The highest BCUT2D eigenvalue weighted by molar-refractivity contribution is 8.00. The Kier molecular flexibility index (Phi) is 7.06. The van der Waals surface area contributed by atoms with Crippen molar-refractivity contribution >= 4 is 35.1 Å². The van der Waals surface area contributed by atoms with E-state index in [1.54, 1.807) is 38.4 Å². The maximum absolute atomic E-state index is 14.0. The molecule has 0 radical (unpaired) electrons. The molecule has 1 amide bonds.